The Kier molecular flexibility index (Phi) is 5.21. The minimum Gasteiger partial charge on any atom is -0.492 e. The Bertz CT molecular complexity index is 566. The fourth-order valence-corrected chi connectivity index (χ4v) is 2.01. The predicted molar refractivity (Wildman–Crippen MR) is 83.0 cm³/mol. The van der Waals surface area contributed by atoms with Crippen LogP contribution in [-0.4, -0.2) is 30.8 Å². The minimum atomic E-state index is -0.853. The van der Waals surface area contributed by atoms with E-state index >= 15 is 0 Å². The van der Waals surface area contributed by atoms with Crippen LogP contribution in [0.25, 0.3) is 0 Å². The van der Waals surface area contributed by atoms with Gasteiger partial charge in [0.1, 0.15) is 18.9 Å². The first-order chi connectivity index (χ1) is 10.1. The summed E-state index contributed by atoms with van der Waals surface area (Å²) in [4.78, 5) is 12.8. The number of hydrogen-bond acceptors (Lipinski definition) is 3. The number of ether oxygens (including phenoxy) is 1. The summed E-state index contributed by atoms with van der Waals surface area (Å²) in [5, 5.41) is 9.01. The summed E-state index contributed by atoms with van der Waals surface area (Å²) in [6.07, 6.45) is 0. The van der Waals surface area contributed by atoms with Gasteiger partial charge in [-0.25, -0.2) is 0 Å². The summed E-state index contributed by atoms with van der Waals surface area (Å²) in [6.45, 7) is 2.93. The van der Waals surface area contributed by atoms with Gasteiger partial charge in [0.15, 0.2) is 0 Å². The molecule has 2 rings (SSSR count). The summed E-state index contributed by atoms with van der Waals surface area (Å²) < 4.78 is 5.66. The van der Waals surface area contributed by atoms with E-state index in [-0.39, 0.29) is 6.54 Å². The molecule has 0 aliphatic rings. The van der Waals surface area contributed by atoms with Crippen molar-refractivity contribution in [1.29, 1.82) is 0 Å². The molecule has 0 spiro atoms. The highest BCUT2D eigenvalue weighted by Crippen LogP contribution is 2.14. The van der Waals surface area contributed by atoms with Crippen LogP contribution in [-0.2, 0) is 4.79 Å². The topological polar surface area (TPSA) is 49.8 Å². The number of nitrogens with zero attached hydrogens (tertiary/aromatic N) is 1. The van der Waals surface area contributed by atoms with E-state index in [2.05, 4.69) is 0 Å². The molecule has 0 fully saturated rings. The average molecular weight is 285 g/mol. The Hall–Kier alpha value is -2.49. The first-order valence-corrected chi connectivity index (χ1v) is 6.86. The Morgan fingerprint density at radius 3 is 2.38 bits per heavy atom. The normalized spacial score (nSPS) is 10.1. The molecule has 0 aromatic heterocycles. The third-order valence-electron chi connectivity index (χ3n) is 3.10. The largest absolute Gasteiger partial charge is 0.492 e. The highest BCUT2D eigenvalue weighted by atomic mass is 16.5. The summed E-state index contributed by atoms with van der Waals surface area (Å²) in [5.41, 5.74) is 2.06. The smallest absolute Gasteiger partial charge is 0.323 e. The maximum Gasteiger partial charge on any atom is 0.323 e. The first-order valence-electron chi connectivity index (χ1n) is 6.86. The molecule has 2 aromatic carbocycles. The number of benzene rings is 2. The van der Waals surface area contributed by atoms with Crippen LogP contribution >= 0.6 is 0 Å². The van der Waals surface area contributed by atoms with Crippen LogP contribution in [0.4, 0.5) is 5.69 Å². The number of aryl methyl sites for hydroxylation is 1. The average Bonchev–Trinajstić information content (AvgIpc) is 2.49. The zero-order valence-corrected chi connectivity index (χ0v) is 12.0. The second kappa shape index (κ2) is 7.33. The van der Waals surface area contributed by atoms with E-state index in [9.17, 15) is 4.79 Å². The van der Waals surface area contributed by atoms with Crippen LogP contribution in [0.15, 0.2) is 54.6 Å². The van der Waals surface area contributed by atoms with Gasteiger partial charge in [-0.3, -0.25) is 4.79 Å². The number of anilines is 1. The third-order valence-corrected chi connectivity index (χ3v) is 3.10. The number of carboxylic acids is 1. The van der Waals surface area contributed by atoms with E-state index in [0.29, 0.717) is 13.2 Å². The number of aliphatic carboxylic acids is 1. The third kappa shape index (κ3) is 4.84. The van der Waals surface area contributed by atoms with Crippen molar-refractivity contribution in [3.63, 3.8) is 0 Å². The summed E-state index contributed by atoms with van der Waals surface area (Å²) in [7, 11) is 0. The molecule has 1 N–H and O–H groups in total. The highest BCUT2D eigenvalue weighted by Gasteiger charge is 2.10. The number of hydrogen-bond donors (Lipinski definition) is 1. The zero-order chi connectivity index (χ0) is 15.1. The predicted octanol–water partition coefficient (Wildman–Crippen LogP) is 2.97. The van der Waals surface area contributed by atoms with Crippen molar-refractivity contribution in [1.82, 2.24) is 0 Å². The molecule has 0 aliphatic carbocycles. The minimum absolute atomic E-state index is 0.0404. The van der Waals surface area contributed by atoms with Crippen LogP contribution in [0, 0.1) is 6.92 Å². The van der Waals surface area contributed by atoms with Gasteiger partial charge in [-0.15, -0.1) is 0 Å². The molecule has 0 bridgehead atoms. The molecule has 0 amide bonds. The molecule has 110 valence electrons. The summed E-state index contributed by atoms with van der Waals surface area (Å²) in [6, 6.07) is 17.3. The van der Waals surface area contributed by atoms with E-state index in [0.717, 1.165) is 11.4 Å². The monoisotopic (exact) mass is 285 g/mol. The first kappa shape index (κ1) is 14.9. The van der Waals surface area contributed by atoms with Gasteiger partial charge in [0.05, 0.1) is 6.54 Å². The van der Waals surface area contributed by atoms with Gasteiger partial charge >= 0.3 is 5.97 Å². The fraction of sp³-hybridized carbons (Fsp3) is 0.235. The maximum atomic E-state index is 11.0. The Morgan fingerprint density at radius 1 is 1.10 bits per heavy atom. The maximum absolute atomic E-state index is 11.0. The lowest BCUT2D eigenvalue weighted by atomic mass is 10.2. The second-order valence-electron chi connectivity index (χ2n) is 4.81. The number of carboxylic acid groups (broad SMARTS) is 1. The number of carbonyl (C=O) groups is 1. The van der Waals surface area contributed by atoms with Gasteiger partial charge in [-0.05, 0) is 31.2 Å². The van der Waals surface area contributed by atoms with Crippen molar-refractivity contribution in [2.75, 3.05) is 24.6 Å². The lowest BCUT2D eigenvalue weighted by Crippen LogP contribution is -2.33. The van der Waals surface area contributed by atoms with Crippen molar-refractivity contribution in [3.8, 4) is 5.75 Å². The van der Waals surface area contributed by atoms with Crippen molar-refractivity contribution >= 4 is 11.7 Å². The lowest BCUT2D eigenvalue weighted by molar-refractivity contribution is -0.135. The zero-order valence-electron chi connectivity index (χ0n) is 12.0. The van der Waals surface area contributed by atoms with Gasteiger partial charge in [0, 0.05) is 5.69 Å². The standard InChI is InChI=1S/C17H19NO3/c1-14-7-9-16(10-8-14)21-12-11-18(13-17(19)20)15-5-3-2-4-6-15/h2-10H,11-13H2,1H3,(H,19,20). The van der Waals surface area contributed by atoms with E-state index < -0.39 is 5.97 Å². The van der Waals surface area contributed by atoms with Crippen molar-refractivity contribution < 1.29 is 14.6 Å². The molecule has 0 unspecified atom stereocenters. The van der Waals surface area contributed by atoms with Crippen LogP contribution in [0.2, 0.25) is 0 Å². The molecular weight excluding hydrogens is 266 g/mol. The van der Waals surface area contributed by atoms with Gasteiger partial charge in [0.25, 0.3) is 0 Å². The van der Waals surface area contributed by atoms with Gasteiger partial charge in [-0.1, -0.05) is 35.9 Å². The molecule has 4 heteroatoms. The van der Waals surface area contributed by atoms with Crippen LogP contribution < -0.4 is 9.64 Å². The van der Waals surface area contributed by atoms with Crippen LogP contribution in [0.1, 0.15) is 5.56 Å². The lowest BCUT2D eigenvalue weighted by Gasteiger charge is -2.22. The molecule has 21 heavy (non-hydrogen) atoms. The van der Waals surface area contributed by atoms with Crippen molar-refractivity contribution in [2.24, 2.45) is 0 Å². The van der Waals surface area contributed by atoms with Crippen molar-refractivity contribution in [2.45, 2.75) is 6.92 Å². The van der Waals surface area contributed by atoms with Crippen LogP contribution in [0.3, 0.4) is 0 Å². The molecule has 0 aliphatic heterocycles. The van der Waals surface area contributed by atoms with E-state index in [1.54, 1.807) is 4.90 Å². The molecule has 0 heterocycles. The van der Waals surface area contributed by atoms with Gasteiger partial charge in [-0.2, -0.15) is 0 Å². The fourth-order valence-electron chi connectivity index (χ4n) is 2.01. The number of para-hydroxylation sites is 1. The Labute approximate surface area is 124 Å². The van der Waals surface area contributed by atoms with E-state index in [1.807, 2.05) is 61.5 Å². The quantitative estimate of drug-likeness (QED) is 0.849. The SMILES string of the molecule is Cc1ccc(OCCN(CC(=O)O)c2ccccc2)cc1. The molecule has 2 aromatic rings. The van der Waals surface area contributed by atoms with E-state index in [1.165, 1.54) is 5.56 Å². The molecule has 0 saturated heterocycles. The molecule has 4 nitrogen and oxygen atoms in total. The van der Waals surface area contributed by atoms with E-state index in [4.69, 9.17) is 9.84 Å². The van der Waals surface area contributed by atoms with Crippen molar-refractivity contribution in [3.05, 3.63) is 60.2 Å². The molecule has 0 radical (unpaired) electrons. The van der Waals surface area contributed by atoms with Gasteiger partial charge in [0.2, 0.25) is 0 Å². The Balaban J connectivity index is 1.93. The van der Waals surface area contributed by atoms with Gasteiger partial charge < -0.3 is 14.7 Å². The number of rotatable bonds is 7. The van der Waals surface area contributed by atoms with Crippen LogP contribution in [0.5, 0.6) is 5.75 Å². The molecule has 0 atom stereocenters. The molecular formula is C17H19NO3. The Morgan fingerprint density at radius 2 is 1.76 bits per heavy atom. The highest BCUT2D eigenvalue weighted by molar-refractivity contribution is 5.73. The second-order valence-corrected chi connectivity index (χ2v) is 4.81. The summed E-state index contributed by atoms with van der Waals surface area (Å²) in [5.74, 6) is -0.0573. The molecule has 0 saturated carbocycles. The summed E-state index contributed by atoms with van der Waals surface area (Å²) >= 11 is 0.